The number of nitrogens with zero attached hydrogens (tertiary/aromatic N) is 2. The number of aryl methyl sites for hydroxylation is 1. The summed E-state index contributed by atoms with van der Waals surface area (Å²) in [4.78, 5) is 9.05. The van der Waals surface area contributed by atoms with E-state index in [-0.39, 0.29) is 0 Å². The predicted molar refractivity (Wildman–Crippen MR) is 70.9 cm³/mol. The molecule has 1 aliphatic rings. The number of rotatable bonds is 1. The highest BCUT2D eigenvalue weighted by Gasteiger charge is 2.13. The molecule has 2 aromatic rings. The van der Waals surface area contributed by atoms with Crippen molar-refractivity contribution >= 4 is 28.3 Å². The molecule has 1 aromatic heterocycles. The molecular weight excluding hydrogens is 234 g/mol. The van der Waals surface area contributed by atoms with Crippen LogP contribution in [0.4, 0.5) is 0 Å². The third-order valence-electron chi connectivity index (χ3n) is 2.89. The van der Waals surface area contributed by atoms with Gasteiger partial charge in [-0.05, 0) is 30.7 Å². The van der Waals surface area contributed by atoms with Crippen molar-refractivity contribution < 1.29 is 0 Å². The molecule has 0 bridgehead atoms. The second-order valence-corrected chi connectivity index (χ2v) is 4.52. The van der Waals surface area contributed by atoms with Gasteiger partial charge in [0.2, 0.25) is 0 Å². The fourth-order valence-electron chi connectivity index (χ4n) is 2.06. The molecule has 1 N–H and O–H groups in total. The minimum atomic E-state index is 0.742. The number of aromatic nitrogens is 1. The van der Waals surface area contributed by atoms with Crippen molar-refractivity contribution in [2.45, 2.75) is 6.92 Å². The summed E-state index contributed by atoms with van der Waals surface area (Å²) in [6.07, 6.45) is 0. The number of halogens is 1. The molecule has 86 valence electrons. The van der Waals surface area contributed by atoms with Crippen LogP contribution in [0, 0.1) is 6.92 Å². The lowest BCUT2D eigenvalue weighted by molar-refractivity contribution is 0.958. The van der Waals surface area contributed by atoms with Crippen LogP contribution >= 0.6 is 11.6 Å². The molecule has 3 nitrogen and oxygen atoms in total. The zero-order chi connectivity index (χ0) is 11.8. The van der Waals surface area contributed by atoms with E-state index in [0.29, 0.717) is 0 Å². The molecule has 0 fully saturated rings. The number of pyridine rings is 1. The van der Waals surface area contributed by atoms with Crippen LogP contribution < -0.4 is 5.32 Å². The molecule has 1 aliphatic heterocycles. The summed E-state index contributed by atoms with van der Waals surface area (Å²) in [5.41, 5.74) is 2.94. The molecule has 2 heterocycles. The Balaban J connectivity index is 2.24. The molecule has 0 saturated heterocycles. The van der Waals surface area contributed by atoms with E-state index in [1.807, 2.05) is 25.1 Å². The Morgan fingerprint density at radius 3 is 3.00 bits per heavy atom. The zero-order valence-electron chi connectivity index (χ0n) is 9.50. The lowest BCUT2D eigenvalue weighted by atomic mass is 10.1. The van der Waals surface area contributed by atoms with E-state index in [1.165, 1.54) is 0 Å². The van der Waals surface area contributed by atoms with Gasteiger partial charge >= 0.3 is 0 Å². The molecule has 0 saturated carbocycles. The van der Waals surface area contributed by atoms with Gasteiger partial charge in [0.15, 0.2) is 0 Å². The van der Waals surface area contributed by atoms with Crippen molar-refractivity contribution in [2.75, 3.05) is 13.1 Å². The van der Waals surface area contributed by atoms with Gasteiger partial charge in [-0.15, -0.1) is 0 Å². The van der Waals surface area contributed by atoms with Crippen LogP contribution in [0.1, 0.15) is 11.3 Å². The first-order valence-electron chi connectivity index (χ1n) is 5.60. The SMILES string of the molecule is Cc1cc2c(Cl)cccc2nc1C1=NCCN1. The molecule has 17 heavy (non-hydrogen) atoms. The van der Waals surface area contributed by atoms with Gasteiger partial charge in [0, 0.05) is 17.0 Å². The molecule has 0 atom stereocenters. The molecule has 0 aliphatic carbocycles. The van der Waals surface area contributed by atoms with Crippen molar-refractivity contribution in [1.82, 2.24) is 10.3 Å². The fraction of sp³-hybridized carbons (Fsp3) is 0.231. The lowest BCUT2D eigenvalue weighted by Gasteiger charge is -2.08. The number of hydrogen-bond donors (Lipinski definition) is 1. The first-order chi connectivity index (χ1) is 8.25. The summed E-state index contributed by atoms with van der Waals surface area (Å²) >= 11 is 6.16. The lowest BCUT2D eigenvalue weighted by Crippen LogP contribution is -2.21. The van der Waals surface area contributed by atoms with Crippen molar-refractivity contribution in [1.29, 1.82) is 0 Å². The average molecular weight is 246 g/mol. The number of fused-ring (bicyclic) bond motifs is 1. The Morgan fingerprint density at radius 2 is 2.24 bits per heavy atom. The summed E-state index contributed by atoms with van der Waals surface area (Å²) in [5, 5.41) is 4.98. The molecule has 0 amide bonds. The van der Waals surface area contributed by atoms with Crippen LogP contribution in [-0.2, 0) is 0 Å². The van der Waals surface area contributed by atoms with Gasteiger partial charge in [-0.3, -0.25) is 4.99 Å². The van der Waals surface area contributed by atoms with Crippen molar-refractivity contribution in [2.24, 2.45) is 4.99 Å². The van der Waals surface area contributed by atoms with E-state index in [0.717, 1.165) is 46.1 Å². The second-order valence-electron chi connectivity index (χ2n) is 4.12. The molecular formula is C13H12ClN3. The number of nitrogens with one attached hydrogen (secondary N) is 1. The largest absolute Gasteiger partial charge is 0.367 e. The minimum Gasteiger partial charge on any atom is -0.367 e. The highest BCUT2D eigenvalue weighted by atomic mass is 35.5. The Kier molecular flexibility index (Phi) is 2.48. The molecule has 4 heteroatoms. The maximum Gasteiger partial charge on any atom is 0.147 e. The van der Waals surface area contributed by atoms with E-state index in [9.17, 15) is 0 Å². The van der Waals surface area contributed by atoms with Crippen molar-refractivity contribution in [3.63, 3.8) is 0 Å². The van der Waals surface area contributed by atoms with E-state index < -0.39 is 0 Å². The highest BCUT2D eigenvalue weighted by molar-refractivity contribution is 6.35. The Hall–Kier alpha value is -1.61. The minimum absolute atomic E-state index is 0.742. The Bertz CT molecular complexity index is 619. The van der Waals surface area contributed by atoms with Gasteiger partial charge in [0.05, 0.1) is 12.1 Å². The first-order valence-corrected chi connectivity index (χ1v) is 5.98. The third kappa shape index (κ3) is 1.76. The fourth-order valence-corrected chi connectivity index (χ4v) is 2.28. The third-order valence-corrected chi connectivity index (χ3v) is 3.22. The van der Waals surface area contributed by atoms with Gasteiger partial charge in [-0.1, -0.05) is 17.7 Å². The predicted octanol–water partition coefficient (Wildman–Crippen LogP) is 2.55. The summed E-state index contributed by atoms with van der Waals surface area (Å²) in [6.45, 7) is 3.75. The first kappa shape index (κ1) is 10.5. The van der Waals surface area contributed by atoms with Crippen LogP contribution in [0.25, 0.3) is 10.9 Å². The number of amidine groups is 1. The van der Waals surface area contributed by atoms with Gasteiger partial charge in [0.25, 0.3) is 0 Å². The van der Waals surface area contributed by atoms with Crippen LogP contribution in [0.3, 0.4) is 0 Å². The van der Waals surface area contributed by atoms with Gasteiger partial charge in [-0.2, -0.15) is 0 Å². The monoisotopic (exact) mass is 245 g/mol. The summed E-state index contributed by atoms with van der Waals surface area (Å²) in [6, 6.07) is 7.85. The average Bonchev–Trinajstić information content (AvgIpc) is 2.83. The maximum atomic E-state index is 6.16. The smallest absolute Gasteiger partial charge is 0.147 e. The van der Waals surface area contributed by atoms with Gasteiger partial charge in [-0.25, -0.2) is 4.98 Å². The molecule has 3 rings (SSSR count). The van der Waals surface area contributed by atoms with E-state index in [4.69, 9.17) is 11.6 Å². The van der Waals surface area contributed by atoms with Crippen LogP contribution in [0.15, 0.2) is 29.3 Å². The standard InChI is InChI=1S/C13H12ClN3/c1-8-7-9-10(14)3-2-4-11(9)17-12(8)13-15-5-6-16-13/h2-4,7H,5-6H2,1H3,(H,15,16). The normalized spacial score (nSPS) is 14.8. The zero-order valence-corrected chi connectivity index (χ0v) is 10.3. The van der Waals surface area contributed by atoms with Crippen LogP contribution in [-0.4, -0.2) is 23.9 Å². The van der Waals surface area contributed by atoms with E-state index >= 15 is 0 Å². The summed E-state index contributed by atoms with van der Waals surface area (Å²) in [7, 11) is 0. The molecule has 0 spiro atoms. The van der Waals surface area contributed by atoms with Crippen LogP contribution in [0.5, 0.6) is 0 Å². The van der Waals surface area contributed by atoms with Gasteiger partial charge < -0.3 is 5.32 Å². The van der Waals surface area contributed by atoms with Crippen LogP contribution in [0.2, 0.25) is 5.02 Å². The second kappa shape index (κ2) is 4.00. The number of hydrogen-bond acceptors (Lipinski definition) is 3. The summed E-state index contributed by atoms with van der Waals surface area (Å²) in [5.74, 6) is 0.893. The van der Waals surface area contributed by atoms with E-state index in [1.54, 1.807) is 0 Å². The summed E-state index contributed by atoms with van der Waals surface area (Å²) < 4.78 is 0. The van der Waals surface area contributed by atoms with Crippen molar-refractivity contribution in [3.8, 4) is 0 Å². The van der Waals surface area contributed by atoms with Gasteiger partial charge in [0.1, 0.15) is 11.5 Å². The number of benzene rings is 1. The maximum absolute atomic E-state index is 6.16. The molecule has 0 unspecified atom stereocenters. The highest BCUT2D eigenvalue weighted by Crippen LogP contribution is 2.24. The topological polar surface area (TPSA) is 37.3 Å². The Morgan fingerprint density at radius 1 is 1.35 bits per heavy atom. The number of aliphatic imine (C=N–C) groups is 1. The van der Waals surface area contributed by atoms with E-state index in [2.05, 4.69) is 21.4 Å². The Labute approximate surface area is 105 Å². The quantitative estimate of drug-likeness (QED) is 0.839. The van der Waals surface area contributed by atoms with Crippen molar-refractivity contribution in [3.05, 3.63) is 40.5 Å². The molecule has 0 radical (unpaired) electrons. The molecule has 1 aromatic carbocycles.